The SMILES string of the molecule is CCN1CCN(c2noc3cc(F)ccc23)CC1. The largest absolute Gasteiger partial charge is 0.354 e. The van der Waals surface area contributed by atoms with E-state index in [0.29, 0.717) is 5.58 Å². The highest BCUT2D eigenvalue weighted by Crippen LogP contribution is 2.27. The minimum atomic E-state index is -0.291. The van der Waals surface area contributed by atoms with Crippen LogP contribution in [-0.4, -0.2) is 42.8 Å². The van der Waals surface area contributed by atoms with Gasteiger partial charge >= 0.3 is 0 Å². The normalized spacial score (nSPS) is 17.6. The molecule has 2 aromatic rings. The molecule has 2 heterocycles. The van der Waals surface area contributed by atoms with E-state index in [2.05, 4.69) is 21.9 Å². The van der Waals surface area contributed by atoms with Crippen LogP contribution in [-0.2, 0) is 0 Å². The summed E-state index contributed by atoms with van der Waals surface area (Å²) in [6.45, 7) is 7.19. The molecule has 1 aliphatic heterocycles. The van der Waals surface area contributed by atoms with Gasteiger partial charge in [-0.3, -0.25) is 0 Å². The Morgan fingerprint density at radius 3 is 2.78 bits per heavy atom. The van der Waals surface area contributed by atoms with Crippen LogP contribution in [0, 0.1) is 5.82 Å². The molecule has 1 fully saturated rings. The van der Waals surface area contributed by atoms with Crippen molar-refractivity contribution in [3.05, 3.63) is 24.0 Å². The number of benzene rings is 1. The number of hydrogen-bond acceptors (Lipinski definition) is 4. The summed E-state index contributed by atoms with van der Waals surface area (Å²) in [5, 5.41) is 4.97. The maximum Gasteiger partial charge on any atom is 0.180 e. The second-order valence-corrected chi connectivity index (χ2v) is 4.57. The van der Waals surface area contributed by atoms with E-state index in [0.717, 1.165) is 43.9 Å². The van der Waals surface area contributed by atoms with Crippen LogP contribution >= 0.6 is 0 Å². The second-order valence-electron chi connectivity index (χ2n) is 4.57. The van der Waals surface area contributed by atoms with E-state index in [4.69, 9.17) is 4.52 Å². The van der Waals surface area contributed by atoms with Gasteiger partial charge in [0, 0.05) is 32.2 Å². The zero-order valence-electron chi connectivity index (χ0n) is 10.4. The molecule has 3 rings (SSSR count). The Bertz CT molecular complexity index is 546. The van der Waals surface area contributed by atoms with Crippen molar-refractivity contribution in [1.29, 1.82) is 0 Å². The van der Waals surface area contributed by atoms with Crippen molar-refractivity contribution >= 4 is 16.8 Å². The van der Waals surface area contributed by atoms with Crippen LogP contribution in [0.3, 0.4) is 0 Å². The molecule has 0 saturated carbocycles. The molecule has 4 nitrogen and oxygen atoms in total. The topological polar surface area (TPSA) is 32.5 Å². The van der Waals surface area contributed by atoms with E-state index in [1.54, 1.807) is 6.07 Å². The summed E-state index contributed by atoms with van der Waals surface area (Å²) in [5.74, 6) is 0.543. The summed E-state index contributed by atoms with van der Waals surface area (Å²) in [4.78, 5) is 4.61. The summed E-state index contributed by atoms with van der Waals surface area (Å²) in [5.41, 5.74) is 0.517. The lowest BCUT2D eigenvalue weighted by Gasteiger charge is -2.33. The molecule has 0 aliphatic carbocycles. The predicted molar refractivity (Wildman–Crippen MR) is 68.3 cm³/mol. The van der Waals surface area contributed by atoms with Gasteiger partial charge < -0.3 is 14.3 Å². The molecule has 1 aromatic carbocycles. The molecule has 0 N–H and O–H groups in total. The van der Waals surface area contributed by atoms with Crippen LogP contribution in [0.4, 0.5) is 10.2 Å². The molecule has 1 aliphatic rings. The summed E-state index contributed by atoms with van der Waals surface area (Å²) in [7, 11) is 0. The third-order valence-electron chi connectivity index (χ3n) is 3.53. The lowest BCUT2D eigenvalue weighted by Crippen LogP contribution is -2.46. The first kappa shape index (κ1) is 11.5. The van der Waals surface area contributed by atoms with Crippen molar-refractivity contribution < 1.29 is 8.91 Å². The van der Waals surface area contributed by atoms with E-state index in [-0.39, 0.29) is 5.82 Å². The Hall–Kier alpha value is -1.62. The Balaban J connectivity index is 1.87. The number of piperazine rings is 1. The second kappa shape index (κ2) is 4.57. The van der Waals surface area contributed by atoms with Crippen LogP contribution in [0.25, 0.3) is 11.0 Å². The molecular formula is C13H16FN3O. The average molecular weight is 249 g/mol. The molecule has 0 atom stereocenters. The molecule has 1 saturated heterocycles. The molecule has 5 heteroatoms. The summed E-state index contributed by atoms with van der Waals surface area (Å²) in [6.07, 6.45) is 0. The van der Waals surface area contributed by atoms with Crippen LogP contribution in [0.1, 0.15) is 6.92 Å². The third kappa shape index (κ3) is 1.95. The maximum atomic E-state index is 13.1. The number of aromatic nitrogens is 1. The van der Waals surface area contributed by atoms with Crippen molar-refractivity contribution in [2.24, 2.45) is 0 Å². The van der Waals surface area contributed by atoms with Crippen molar-refractivity contribution in [1.82, 2.24) is 10.1 Å². The van der Waals surface area contributed by atoms with Gasteiger partial charge in [0.1, 0.15) is 5.82 Å². The van der Waals surface area contributed by atoms with Gasteiger partial charge in [-0.2, -0.15) is 0 Å². The number of hydrogen-bond donors (Lipinski definition) is 0. The molecule has 0 bridgehead atoms. The van der Waals surface area contributed by atoms with Crippen LogP contribution in [0.5, 0.6) is 0 Å². The highest BCUT2D eigenvalue weighted by molar-refractivity contribution is 5.88. The van der Waals surface area contributed by atoms with Crippen molar-refractivity contribution in [3.63, 3.8) is 0 Å². The summed E-state index contributed by atoms with van der Waals surface area (Å²) < 4.78 is 18.3. The van der Waals surface area contributed by atoms with Gasteiger partial charge in [-0.15, -0.1) is 0 Å². The molecule has 1 aromatic heterocycles. The van der Waals surface area contributed by atoms with E-state index in [9.17, 15) is 4.39 Å². The first-order chi connectivity index (χ1) is 8.78. The smallest absolute Gasteiger partial charge is 0.180 e. The zero-order chi connectivity index (χ0) is 12.5. The Morgan fingerprint density at radius 2 is 2.06 bits per heavy atom. The average Bonchev–Trinajstić information content (AvgIpc) is 2.81. The number of anilines is 1. The van der Waals surface area contributed by atoms with Gasteiger partial charge in [0.05, 0.1) is 5.39 Å². The van der Waals surface area contributed by atoms with Gasteiger partial charge in [-0.25, -0.2) is 4.39 Å². The Kier molecular flexibility index (Phi) is 2.91. The van der Waals surface area contributed by atoms with E-state index in [1.807, 2.05) is 0 Å². The molecule has 0 unspecified atom stereocenters. The van der Waals surface area contributed by atoms with Crippen LogP contribution in [0.15, 0.2) is 22.7 Å². The minimum Gasteiger partial charge on any atom is -0.354 e. The van der Waals surface area contributed by atoms with E-state index in [1.165, 1.54) is 12.1 Å². The number of rotatable bonds is 2. The van der Waals surface area contributed by atoms with Crippen LogP contribution in [0.2, 0.25) is 0 Å². The van der Waals surface area contributed by atoms with Gasteiger partial charge in [0.15, 0.2) is 11.4 Å². The van der Waals surface area contributed by atoms with Crippen molar-refractivity contribution in [2.45, 2.75) is 6.92 Å². The third-order valence-corrected chi connectivity index (χ3v) is 3.53. The monoisotopic (exact) mass is 249 g/mol. The highest BCUT2D eigenvalue weighted by atomic mass is 19.1. The van der Waals surface area contributed by atoms with Gasteiger partial charge in [0.2, 0.25) is 0 Å². The Morgan fingerprint density at radius 1 is 1.28 bits per heavy atom. The molecule has 18 heavy (non-hydrogen) atoms. The predicted octanol–water partition coefficient (Wildman–Crippen LogP) is 2.11. The van der Waals surface area contributed by atoms with Crippen molar-refractivity contribution in [3.8, 4) is 0 Å². The molecule has 0 amide bonds. The molecule has 0 radical (unpaired) electrons. The zero-order valence-corrected chi connectivity index (χ0v) is 10.4. The summed E-state index contributed by atoms with van der Waals surface area (Å²) >= 11 is 0. The Labute approximate surface area is 105 Å². The number of nitrogens with zero attached hydrogens (tertiary/aromatic N) is 3. The number of fused-ring (bicyclic) bond motifs is 1. The summed E-state index contributed by atoms with van der Waals surface area (Å²) in [6, 6.07) is 4.57. The first-order valence-electron chi connectivity index (χ1n) is 6.30. The van der Waals surface area contributed by atoms with Crippen LogP contribution < -0.4 is 4.90 Å². The quantitative estimate of drug-likeness (QED) is 0.816. The fourth-order valence-corrected chi connectivity index (χ4v) is 2.40. The first-order valence-corrected chi connectivity index (χ1v) is 6.30. The standard InChI is InChI=1S/C13H16FN3O/c1-2-16-5-7-17(8-6-16)13-11-4-3-10(14)9-12(11)18-15-13/h3-4,9H,2,5-8H2,1H3. The fourth-order valence-electron chi connectivity index (χ4n) is 2.40. The lowest BCUT2D eigenvalue weighted by molar-refractivity contribution is 0.269. The highest BCUT2D eigenvalue weighted by Gasteiger charge is 2.20. The minimum absolute atomic E-state index is 0.291. The van der Waals surface area contributed by atoms with Gasteiger partial charge in [0.25, 0.3) is 0 Å². The molecular weight excluding hydrogens is 233 g/mol. The number of halogens is 1. The van der Waals surface area contributed by atoms with E-state index < -0.39 is 0 Å². The molecule has 96 valence electrons. The van der Waals surface area contributed by atoms with E-state index >= 15 is 0 Å². The maximum absolute atomic E-state index is 13.1. The van der Waals surface area contributed by atoms with Gasteiger partial charge in [-0.1, -0.05) is 12.1 Å². The molecule has 0 spiro atoms. The fraction of sp³-hybridized carbons (Fsp3) is 0.462. The van der Waals surface area contributed by atoms with Crippen molar-refractivity contribution in [2.75, 3.05) is 37.6 Å². The van der Waals surface area contributed by atoms with Gasteiger partial charge in [-0.05, 0) is 18.7 Å². The lowest BCUT2D eigenvalue weighted by atomic mass is 10.2. The number of likely N-dealkylation sites (N-methyl/N-ethyl adjacent to an activating group) is 1.